The lowest BCUT2D eigenvalue weighted by Gasteiger charge is -2.28. The second kappa shape index (κ2) is 6.66. The van der Waals surface area contributed by atoms with Crippen molar-refractivity contribution < 1.29 is 9.59 Å². The summed E-state index contributed by atoms with van der Waals surface area (Å²) in [6, 6.07) is 7.05. The van der Waals surface area contributed by atoms with Crippen molar-refractivity contribution in [3.63, 3.8) is 0 Å². The number of carbonyl (C=O) groups is 2. The predicted molar refractivity (Wildman–Crippen MR) is 79.9 cm³/mol. The summed E-state index contributed by atoms with van der Waals surface area (Å²) < 4.78 is 0. The van der Waals surface area contributed by atoms with E-state index in [2.05, 4.69) is 17.3 Å². The van der Waals surface area contributed by atoms with Gasteiger partial charge in [-0.25, -0.2) is 0 Å². The SMILES string of the molecule is CC(=O)c1ccc(NC(=O)CC2CCN(C)CC2)cc1. The van der Waals surface area contributed by atoms with Crippen molar-refractivity contribution in [3.05, 3.63) is 29.8 Å². The highest BCUT2D eigenvalue weighted by atomic mass is 16.1. The van der Waals surface area contributed by atoms with Crippen molar-refractivity contribution in [1.82, 2.24) is 4.90 Å². The molecule has 0 radical (unpaired) electrons. The first kappa shape index (κ1) is 14.7. The maximum Gasteiger partial charge on any atom is 0.224 e. The van der Waals surface area contributed by atoms with Crippen LogP contribution < -0.4 is 5.32 Å². The van der Waals surface area contributed by atoms with E-state index in [1.54, 1.807) is 24.3 Å². The molecular weight excluding hydrogens is 252 g/mol. The number of benzene rings is 1. The van der Waals surface area contributed by atoms with E-state index in [-0.39, 0.29) is 11.7 Å². The van der Waals surface area contributed by atoms with Crippen molar-refractivity contribution in [2.24, 2.45) is 5.92 Å². The number of ketones is 1. The Labute approximate surface area is 120 Å². The van der Waals surface area contributed by atoms with E-state index in [4.69, 9.17) is 0 Å². The van der Waals surface area contributed by atoms with Gasteiger partial charge in [-0.15, -0.1) is 0 Å². The van der Waals surface area contributed by atoms with Gasteiger partial charge in [0.15, 0.2) is 5.78 Å². The normalized spacial score (nSPS) is 16.9. The second-order valence-corrected chi connectivity index (χ2v) is 5.63. The summed E-state index contributed by atoms with van der Waals surface area (Å²) in [5, 5.41) is 2.90. The molecule has 1 aromatic carbocycles. The molecule has 0 aliphatic carbocycles. The van der Waals surface area contributed by atoms with Gasteiger partial charge in [0.25, 0.3) is 0 Å². The fourth-order valence-electron chi connectivity index (χ4n) is 2.53. The summed E-state index contributed by atoms with van der Waals surface area (Å²) in [6.45, 7) is 3.68. The van der Waals surface area contributed by atoms with Gasteiger partial charge in [0.05, 0.1) is 0 Å². The summed E-state index contributed by atoms with van der Waals surface area (Å²) >= 11 is 0. The summed E-state index contributed by atoms with van der Waals surface area (Å²) in [5.74, 6) is 0.590. The van der Waals surface area contributed by atoms with Gasteiger partial charge in [0.1, 0.15) is 0 Å². The number of likely N-dealkylation sites (tertiary alicyclic amines) is 1. The van der Waals surface area contributed by atoms with Crippen molar-refractivity contribution in [3.8, 4) is 0 Å². The number of anilines is 1. The zero-order valence-corrected chi connectivity index (χ0v) is 12.2. The first-order valence-corrected chi connectivity index (χ1v) is 7.14. The van der Waals surface area contributed by atoms with E-state index >= 15 is 0 Å². The number of nitrogens with one attached hydrogen (secondary N) is 1. The van der Waals surface area contributed by atoms with Crippen LogP contribution in [0.1, 0.15) is 36.5 Å². The highest BCUT2D eigenvalue weighted by Crippen LogP contribution is 2.20. The third kappa shape index (κ3) is 4.17. The molecule has 1 aliphatic rings. The standard InChI is InChI=1S/C16H22N2O2/c1-12(19)14-3-5-15(6-4-14)17-16(20)11-13-7-9-18(2)10-8-13/h3-6,13H,7-11H2,1-2H3,(H,17,20). The molecule has 0 atom stereocenters. The van der Waals surface area contributed by atoms with E-state index in [1.807, 2.05) is 0 Å². The Bertz CT molecular complexity index is 474. The first-order chi connectivity index (χ1) is 9.54. The van der Waals surface area contributed by atoms with Crippen LogP contribution in [0.5, 0.6) is 0 Å². The molecule has 2 rings (SSSR count). The lowest BCUT2D eigenvalue weighted by Crippen LogP contribution is -2.31. The van der Waals surface area contributed by atoms with Crippen LogP contribution in [0.2, 0.25) is 0 Å². The summed E-state index contributed by atoms with van der Waals surface area (Å²) in [6.07, 6.45) is 2.77. The smallest absolute Gasteiger partial charge is 0.224 e. The van der Waals surface area contributed by atoms with Crippen molar-refractivity contribution in [2.45, 2.75) is 26.2 Å². The topological polar surface area (TPSA) is 49.4 Å². The summed E-state index contributed by atoms with van der Waals surface area (Å²) in [7, 11) is 2.12. The number of piperidine rings is 1. The van der Waals surface area contributed by atoms with E-state index in [1.165, 1.54) is 6.92 Å². The number of amides is 1. The van der Waals surface area contributed by atoms with Crippen LogP contribution in [0, 0.1) is 5.92 Å². The lowest BCUT2D eigenvalue weighted by atomic mass is 9.93. The number of hydrogen-bond acceptors (Lipinski definition) is 3. The molecule has 0 bridgehead atoms. The highest BCUT2D eigenvalue weighted by Gasteiger charge is 2.19. The Kier molecular flexibility index (Phi) is 4.90. The fourth-order valence-corrected chi connectivity index (χ4v) is 2.53. The van der Waals surface area contributed by atoms with Gasteiger partial charge in [-0.1, -0.05) is 0 Å². The Balaban J connectivity index is 1.83. The minimum absolute atomic E-state index is 0.0363. The fraction of sp³-hybridized carbons (Fsp3) is 0.500. The van der Waals surface area contributed by atoms with Crippen molar-refractivity contribution >= 4 is 17.4 Å². The zero-order chi connectivity index (χ0) is 14.5. The molecule has 0 saturated carbocycles. The maximum absolute atomic E-state index is 12.0. The number of nitrogens with zero attached hydrogens (tertiary/aromatic N) is 1. The van der Waals surface area contributed by atoms with Gasteiger partial charge in [-0.2, -0.15) is 0 Å². The van der Waals surface area contributed by atoms with Crippen LogP contribution in [0.4, 0.5) is 5.69 Å². The van der Waals surface area contributed by atoms with E-state index < -0.39 is 0 Å². The Hall–Kier alpha value is -1.68. The highest BCUT2D eigenvalue weighted by molar-refractivity contribution is 5.95. The van der Waals surface area contributed by atoms with E-state index in [0.717, 1.165) is 31.6 Å². The molecule has 1 saturated heterocycles. The largest absolute Gasteiger partial charge is 0.326 e. The van der Waals surface area contributed by atoms with Gasteiger partial charge in [0.2, 0.25) is 5.91 Å². The molecule has 1 heterocycles. The monoisotopic (exact) mass is 274 g/mol. The number of hydrogen-bond donors (Lipinski definition) is 1. The molecule has 1 aromatic rings. The second-order valence-electron chi connectivity index (χ2n) is 5.63. The number of Topliss-reactive ketones (excluding diaryl/α,β-unsaturated/α-hetero) is 1. The minimum Gasteiger partial charge on any atom is -0.326 e. The minimum atomic E-state index is 0.0363. The van der Waals surface area contributed by atoms with Gasteiger partial charge < -0.3 is 10.2 Å². The molecule has 1 amide bonds. The van der Waals surface area contributed by atoms with Crippen LogP contribution in [0.15, 0.2) is 24.3 Å². The summed E-state index contributed by atoms with van der Waals surface area (Å²) in [5.41, 5.74) is 1.42. The molecular formula is C16H22N2O2. The molecule has 1 N–H and O–H groups in total. The van der Waals surface area contributed by atoms with E-state index in [9.17, 15) is 9.59 Å². The molecule has 0 spiro atoms. The molecule has 1 aliphatic heterocycles. The van der Waals surface area contributed by atoms with Crippen molar-refractivity contribution in [2.75, 3.05) is 25.5 Å². The molecule has 0 aromatic heterocycles. The van der Waals surface area contributed by atoms with Gasteiger partial charge in [0, 0.05) is 17.7 Å². The zero-order valence-electron chi connectivity index (χ0n) is 12.2. The van der Waals surface area contributed by atoms with Gasteiger partial charge in [-0.3, -0.25) is 9.59 Å². The number of rotatable bonds is 4. The Morgan fingerprint density at radius 3 is 2.35 bits per heavy atom. The average Bonchev–Trinajstić information content (AvgIpc) is 2.42. The molecule has 4 heteroatoms. The van der Waals surface area contributed by atoms with E-state index in [0.29, 0.717) is 17.9 Å². The van der Waals surface area contributed by atoms with Gasteiger partial charge >= 0.3 is 0 Å². The Morgan fingerprint density at radius 1 is 1.20 bits per heavy atom. The quantitative estimate of drug-likeness (QED) is 0.858. The summed E-state index contributed by atoms with van der Waals surface area (Å²) in [4.78, 5) is 25.5. The molecule has 4 nitrogen and oxygen atoms in total. The predicted octanol–water partition coefficient (Wildman–Crippen LogP) is 2.56. The van der Waals surface area contributed by atoms with Crippen LogP contribution in [0.25, 0.3) is 0 Å². The maximum atomic E-state index is 12.0. The third-order valence-electron chi connectivity index (χ3n) is 3.89. The molecule has 0 unspecified atom stereocenters. The lowest BCUT2D eigenvalue weighted by molar-refractivity contribution is -0.117. The van der Waals surface area contributed by atoms with Crippen LogP contribution in [-0.4, -0.2) is 36.7 Å². The first-order valence-electron chi connectivity index (χ1n) is 7.14. The molecule has 20 heavy (non-hydrogen) atoms. The third-order valence-corrected chi connectivity index (χ3v) is 3.89. The molecule has 1 fully saturated rings. The van der Waals surface area contributed by atoms with Crippen LogP contribution >= 0.6 is 0 Å². The van der Waals surface area contributed by atoms with Gasteiger partial charge in [-0.05, 0) is 70.1 Å². The number of carbonyl (C=O) groups excluding carboxylic acids is 2. The molecule has 108 valence electrons. The average molecular weight is 274 g/mol. The Morgan fingerprint density at radius 2 is 1.80 bits per heavy atom. The van der Waals surface area contributed by atoms with Crippen molar-refractivity contribution in [1.29, 1.82) is 0 Å². The van der Waals surface area contributed by atoms with Crippen LogP contribution in [0.3, 0.4) is 0 Å². The van der Waals surface area contributed by atoms with Crippen LogP contribution in [-0.2, 0) is 4.79 Å².